The number of rotatable bonds is 6. The van der Waals surface area contributed by atoms with Gasteiger partial charge in [-0.05, 0) is 49.6 Å². The molecule has 0 aromatic heterocycles. The minimum absolute atomic E-state index is 0.690. The van der Waals surface area contributed by atoms with E-state index in [2.05, 4.69) is 12.6 Å². The Hall–Kier alpha value is -0.340. The number of hydrogen-bond donors (Lipinski definition) is 1. The van der Waals surface area contributed by atoms with Crippen molar-refractivity contribution in [2.75, 3.05) is 12.4 Å². The van der Waals surface area contributed by atoms with Crippen LogP contribution in [0.3, 0.4) is 0 Å². The van der Waals surface area contributed by atoms with E-state index in [4.69, 9.17) is 16.3 Å². The Kier molecular flexibility index (Phi) is 5.96. The molecule has 0 unspecified atom stereocenters. The maximum Gasteiger partial charge on any atom is 0.138 e. The second-order valence-corrected chi connectivity index (χ2v) is 4.42. The van der Waals surface area contributed by atoms with Gasteiger partial charge in [0.25, 0.3) is 0 Å². The molecule has 15 heavy (non-hydrogen) atoms. The second kappa shape index (κ2) is 7.02. The van der Waals surface area contributed by atoms with Crippen molar-refractivity contribution in [3.8, 4) is 5.75 Å². The molecule has 0 atom stereocenters. The monoisotopic (exact) mass is 244 g/mol. The van der Waals surface area contributed by atoms with E-state index in [1.165, 1.54) is 5.56 Å². The van der Waals surface area contributed by atoms with Crippen LogP contribution in [0.1, 0.15) is 24.8 Å². The molecular formula is C12H17ClOS. The van der Waals surface area contributed by atoms with Crippen LogP contribution >= 0.6 is 24.2 Å². The minimum Gasteiger partial charge on any atom is -0.492 e. The molecule has 0 saturated carbocycles. The van der Waals surface area contributed by atoms with Gasteiger partial charge in [0.1, 0.15) is 5.75 Å². The predicted molar refractivity (Wildman–Crippen MR) is 69.4 cm³/mol. The summed E-state index contributed by atoms with van der Waals surface area (Å²) in [4.78, 5) is 0. The normalized spacial score (nSPS) is 10.3. The summed E-state index contributed by atoms with van der Waals surface area (Å²) < 4.78 is 5.61. The topological polar surface area (TPSA) is 9.23 Å². The molecule has 1 nitrogen and oxygen atoms in total. The molecular weight excluding hydrogens is 228 g/mol. The fraction of sp³-hybridized carbons (Fsp3) is 0.500. The predicted octanol–water partition coefficient (Wildman–Crippen LogP) is 4.13. The molecule has 84 valence electrons. The molecule has 0 aliphatic carbocycles. The van der Waals surface area contributed by atoms with Crippen molar-refractivity contribution in [1.29, 1.82) is 0 Å². The van der Waals surface area contributed by atoms with Gasteiger partial charge in [-0.15, -0.1) is 0 Å². The summed E-state index contributed by atoms with van der Waals surface area (Å²) >= 11 is 10.2. The third-order valence-electron chi connectivity index (χ3n) is 2.15. The number of aryl methyl sites for hydroxylation is 1. The Balaban J connectivity index is 2.33. The number of halogens is 1. The number of benzene rings is 1. The van der Waals surface area contributed by atoms with Crippen LogP contribution in [0.25, 0.3) is 0 Å². The maximum atomic E-state index is 6.00. The van der Waals surface area contributed by atoms with Crippen LogP contribution in [0.15, 0.2) is 18.2 Å². The molecule has 1 aromatic rings. The zero-order valence-electron chi connectivity index (χ0n) is 9.00. The first-order valence-electron chi connectivity index (χ1n) is 5.24. The van der Waals surface area contributed by atoms with E-state index in [1.54, 1.807) is 0 Å². The molecule has 3 heteroatoms. The van der Waals surface area contributed by atoms with Crippen molar-refractivity contribution in [2.45, 2.75) is 26.2 Å². The van der Waals surface area contributed by atoms with Crippen molar-refractivity contribution in [3.63, 3.8) is 0 Å². The number of ether oxygens (including phenoxy) is 1. The van der Waals surface area contributed by atoms with E-state index in [0.29, 0.717) is 5.02 Å². The van der Waals surface area contributed by atoms with Gasteiger partial charge in [0.2, 0.25) is 0 Å². The Morgan fingerprint density at radius 1 is 1.27 bits per heavy atom. The average Bonchev–Trinajstić information content (AvgIpc) is 2.23. The SMILES string of the molecule is Cc1ccc(Cl)c(OCCCCCS)c1. The van der Waals surface area contributed by atoms with Gasteiger partial charge in [0, 0.05) is 0 Å². The molecule has 0 fully saturated rings. The summed E-state index contributed by atoms with van der Waals surface area (Å²) in [5.74, 6) is 1.74. The van der Waals surface area contributed by atoms with Gasteiger partial charge in [0.05, 0.1) is 11.6 Å². The molecule has 1 rings (SSSR count). The van der Waals surface area contributed by atoms with Gasteiger partial charge in [-0.25, -0.2) is 0 Å². The molecule has 0 N–H and O–H groups in total. The lowest BCUT2D eigenvalue weighted by molar-refractivity contribution is 0.306. The standard InChI is InChI=1S/C12H17ClOS/c1-10-5-6-11(13)12(9-10)14-7-3-2-4-8-15/h5-6,9,15H,2-4,7-8H2,1H3. The summed E-state index contributed by atoms with van der Waals surface area (Å²) in [6, 6.07) is 5.83. The lowest BCUT2D eigenvalue weighted by Gasteiger charge is -2.08. The Labute approximate surface area is 102 Å². The first-order chi connectivity index (χ1) is 7.24. The summed E-state index contributed by atoms with van der Waals surface area (Å²) in [5, 5.41) is 0.690. The molecule has 0 radical (unpaired) electrons. The highest BCUT2D eigenvalue weighted by atomic mass is 35.5. The van der Waals surface area contributed by atoms with Gasteiger partial charge in [-0.1, -0.05) is 17.7 Å². The van der Waals surface area contributed by atoms with Crippen LogP contribution in [0.2, 0.25) is 5.02 Å². The van der Waals surface area contributed by atoms with Crippen molar-refractivity contribution in [2.24, 2.45) is 0 Å². The molecule has 0 spiro atoms. The van der Waals surface area contributed by atoms with E-state index in [-0.39, 0.29) is 0 Å². The molecule has 0 saturated heterocycles. The van der Waals surface area contributed by atoms with Gasteiger partial charge >= 0.3 is 0 Å². The van der Waals surface area contributed by atoms with Gasteiger partial charge < -0.3 is 4.74 Å². The number of thiol groups is 1. The van der Waals surface area contributed by atoms with Crippen molar-refractivity contribution in [3.05, 3.63) is 28.8 Å². The molecule has 0 aliphatic rings. The third-order valence-corrected chi connectivity index (χ3v) is 2.78. The zero-order chi connectivity index (χ0) is 11.1. The first kappa shape index (κ1) is 12.7. The van der Waals surface area contributed by atoms with Crippen molar-refractivity contribution >= 4 is 24.2 Å². The highest BCUT2D eigenvalue weighted by Gasteiger charge is 2.00. The summed E-state index contributed by atoms with van der Waals surface area (Å²) in [5.41, 5.74) is 1.17. The van der Waals surface area contributed by atoms with E-state index >= 15 is 0 Å². The van der Waals surface area contributed by atoms with E-state index < -0.39 is 0 Å². The van der Waals surface area contributed by atoms with Gasteiger partial charge in [0.15, 0.2) is 0 Å². The van der Waals surface area contributed by atoms with Crippen LogP contribution < -0.4 is 4.74 Å². The minimum atomic E-state index is 0.690. The first-order valence-corrected chi connectivity index (χ1v) is 6.25. The lowest BCUT2D eigenvalue weighted by Crippen LogP contribution is -1.98. The average molecular weight is 245 g/mol. The molecule has 0 amide bonds. The summed E-state index contributed by atoms with van der Waals surface area (Å²) in [6.45, 7) is 2.76. The molecule has 0 bridgehead atoms. The maximum absolute atomic E-state index is 6.00. The van der Waals surface area contributed by atoms with Crippen molar-refractivity contribution in [1.82, 2.24) is 0 Å². The van der Waals surface area contributed by atoms with E-state index in [1.807, 2.05) is 25.1 Å². The fourth-order valence-corrected chi connectivity index (χ4v) is 1.69. The van der Waals surface area contributed by atoms with Crippen LogP contribution in [0.4, 0.5) is 0 Å². The Morgan fingerprint density at radius 2 is 2.07 bits per heavy atom. The third kappa shape index (κ3) is 4.80. The van der Waals surface area contributed by atoms with Gasteiger partial charge in [-0.2, -0.15) is 12.6 Å². The Bertz CT molecular complexity index is 302. The smallest absolute Gasteiger partial charge is 0.138 e. The van der Waals surface area contributed by atoms with Crippen molar-refractivity contribution < 1.29 is 4.74 Å². The number of unbranched alkanes of at least 4 members (excludes halogenated alkanes) is 2. The summed E-state index contributed by atoms with van der Waals surface area (Å²) in [6.07, 6.45) is 3.37. The molecule has 1 aromatic carbocycles. The van der Waals surface area contributed by atoms with E-state index in [9.17, 15) is 0 Å². The fourth-order valence-electron chi connectivity index (χ4n) is 1.29. The van der Waals surface area contributed by atoms with Crippen LogP contribution in [0, 0.1) is 6.92 Å². The quantitative estimate of drug-likeness (QED) is 0.585. The van der Waals surface area contributed by atoms with Gasteiger partial charge in [-0.3, -0.25) is 0 Å². The highest BCUT2D eigenvalue weighted by molar-refractivity contribution is 7.80. The molecule has 0 aliphatic heterocycles. The highest BCUT2D eigenvalue weighted by Crippen LogP contribution is 2.25. The zero-order valence-corrected chi connectivity index (χ0v) is 10.7. The second-order valence-electron chi connectivity index (χ2n) is 3.57. The van der Waals surface area contributed by atoms with Crippen LogP contribution in [0.5, 0.6) is 5.75 Å². The summed E-state index contributed by atoms with van der Waals surface area (Å²) in [7, 11) is 0. The number of hydrogen-bond acceptors (Lipinski definition) is 2. The van der Waals surface area contributed by atoms with E-state index in [0.717, 1.165) is 37.4 Å². The molecule has 0 heterocycles. The Morgan fingerprint density at radius 3 is 2.80 bits per heavy atom. The largest absolute Gasteiger partial charge is 0.492 e. The van der Waals surface area contributed by atoms with Crippen LogP contribution in [-0.4, -0.2) is 12.4 Å². The van der Waals surface area contributed by atoms with Crippen LogP contribution in [-0.2, 0) is 0 Å². The lowest BCUT2D eigenvalue weighted by atomic mass is 10.2.